The molecule has 0 unspecified atom stereocenters. The first-order chi connectivity index (χ1) is 9.65. The van der Waals surface area contributed by atoms with Crippen molar-refractivity contribution in [2.24, 2.45) is 0 Å². The molecule has 0 amide bonds. The molecule has 0 aliphatic carbocycles. The number of benzene rings is 2. The van der Waals surface area contributed by atoms with Gasteiger partial charge >= 0.3 is 0 Å². The molecular weight excluding hydrogens is 254 g/mol. The van der Waals surface area contributed by atoms with Gasteiger partial charge in [-0.25, -0.2) is 0 Å². The van der Waals surface area contributed by atoms with Gasteiger partial charge in [-0.05, 0) is 13.0 Å². The summed E-state index contributed by atoms with van der Waals surface area (Å²) in [5.74, 6) is 0.670. The Balaban J connectivity index is 2.08. The van der Waals surface area contributed by atoms with Gasteiger partial charge < -0.3 is 4.74 Å². The predicted molar refractivity (Wildman–Crippen MR) is 76.0 cm³/mol. The summed E-state index contributed by atoms with van der Waals surface area (Å²) in [7, 11) is 0. The Hall–Kier alpha value is -2.62. The van der Waals surface area contributed by atoms with E-state index in [-0.39, 0.29) is 10.6 Å². The zero-order chi connectivity index (χ0) is 14.1. The normalized spacial score (nSPS) is 16.9. The molecule has 0 fully saturated rings. The molecule has 2 aromatic rings. The van der Waals surface area contributed by atoms with Gasteiger partial charge in [0, 0.05) is 17.2 Å². The fraction of sp³-hybridized carbons (Fsp3) is 0.125. The molecule has 1 aliphatic rings. The Bertz CT molecular complexity index is 689. The molecule has 100 valence electrons. The average Bonchev–Trinajstić information content (AvgIpc) is 2.46. The second-order valence-corrected chi connectivity index (χ2v) is 4.77. The maximum atomic E-state index is 11.3. The molecule has 0 spiro atoms. The van der Waals surface area contributed by atoms with Crippen molar-refractivity contribution in [3.63, 3.8) is 0 Å². The third-order valence-corrected chi connectivity index (χ3v) is 3.33. The Labute approximate surface area is 116 Å². The maximum Gasteiger partial charge on any atom is 0.291 e. The minimum Gasteiger partial charge on any atom is -0.474 e. The largest absolute Gasteiger partial charge is 0.474 e. The van der Waals surface area contributed by atoms with Gasteiger partial charge in [0.15, 0.2) is 0 Å². The molecule has 0 saturated carbocycles. The van der Waals surface area contributed by atoms with Crippen LogP contribution in [0.1, 0.15) is 22.8 Å². The van der Waals surface area contributed by atoms with Crippen LogP contribution in [-0.2, 0) is 0 Å². The Morgan fingerprint density at radius 3 is 2.50 bits per heavy atom. The first-order valence-corrected chi connectivity index (χ1v) is 6.33. The first-order valence-electron chi connectivity index (χ1n) is 6.33. The van der Waals surface area contributed by atoms with E-state index in [0.29, 0.717) is 5.75 Å². The van der Waals surface area contributed by atoms with Crippen molar-refractivity contribution in [2.45, 2.75) is 13.0 Å². The molecule has 4 heteroatoms. The molecule has 0 bridgehead atoms. The summed E-state index contributed by atoms with van der Waals surface area (Å²) in [5.41, 5.74) is 2.69. The van der Waals surface area contributed by atoms with Gasteiger partial charge in [-0.3, -0.25) is 10.1 Å². The van der Waals surface area contributed by atoms with Crippen LogP contribution in [0.3, 0.4) is 0 Å². The SMILES string of the molecule is Cc1ccc([C@H]2Oc3ccccc3C=C2[N+](=O)[O-])cc1. The van der Waals surface area contributed by atoms with Gasteiger partial charge in [-0.1, -0.05) is 48.0 Å². The van der Waals surface area contributed by atoms with Crippen LogP contribution in [0.5, 0.6) is 5.75 Å². The molecule has 2 aromatic carbocycles. The minimum absolute atomic E-state index is 0.0625. The smallest absolute Gasteiger partial charge is 0.291 e. The van der Waals surface area contributed by atoms with Gasteiger partial charge in [-0.15, -0.1) is 0 Å². The fourth-order valence-corrected chi connectivity index (χ4v) is 2.26. The van der Waals surface area contributed by atoms with Crippen LogP contribution >= 0.6 is 0 Å². The van der Waals surface area contributed by atoms with E-state index in [0.717, 1.165) is 16.7 Å². The lowest BCUT2D eigenvalue weighted by Gasteiger charge is -2.22. The zero-order valence-corrected chi connectivity index (χ0v) is 10.9. The molecule has 0 saturated heterocycles. The van der Waals surface area contributed by atoms with Crippen LogP contribution in [0.4, 0.5) is 0 Å². The molecule has 0 N–H and O–H groups in total. The summed E-state index contributed by atoms with van der Waals surface area (Å²) < 4.78 is 5.82. The topological polar surface area (TPSA) is 52.4 Å². The second kappa shape index (κ2) is 4.81. The van der Waals surface area contributed by atoms with E-state index in [1.807, 2.05) is 55.5 Å². The quantitative estimate of drug-likeness (QED) is 0.615. The number of nitro groups is 1. The number of hydrogen-bond acceptors (Lipinski definition) is 3. The van der Waals surface area contributed by atoms with Gasteiger partial charge in [0.2, 0.25) is 6.10 Å². The van der Waals surface area contributed by atoms with E-state index in [1.165, 1.54) is 0 Å². The highest BCUT2D eigenvalue weighted by Gasteiger charge is 2.32. The van der Waals surface area contributed by atoms with Crippen LogP contribution in [0.25, 0.3) is 6.08 Å². The Morgan fingerprint density at radius 2 is 1.80 bits per heavy atom. The Morgan fingerprint density at radius 1 is 1.10 bits per heavy atom. The molecule has 4 nitrogen and oxygen atoms in total. The fourth-order valence-electron chi connectivity index (χ4n) is 2.26. The summed E-state index contributed by atoms with van der Waals surface area (Å²) in [6.07, 6.45) is 0.920. The van der Waals surface area contributed by atoms with E-state index >= 15 is 0 Å². The van der Waals surface area contributed by atoms with E-state index in [9.17, 15) is 10.1 Å². The lowest BCUT2D eigenvalue weighted by atomic mass is 10.0. The second-order valence-electron chi connectivity index (χ2n) is 4.77. The van der Waals surface area contributed by atoms with Gasteiger partial charge in [-0.2, -0.15) is 0 Å². The van der Waals surface area contributed by atoms with Crippen LogP contribution in [0.15, 0.2) is 54.2 Å². The molecule has 0 aromatic heterocycles. The number of nitrogens with zero attached hydrogens (tertiary/aromatic N) is 1. The summed E-state index contributed by atoms with van der Waals surface area (Å²) >= 11 is 0. The van der Waals surface area contributed by atoms with E-state index in [4.69, 9.17) is 4.74 Å². The standard InChI is InChI=1S/C16H13NO3/c1-11-6-8-12(9-7-11)16-14(17(18)19)10-13-4-2-3-5-15(13)20-16/h2-10,16H,1H3/t16-/m1/s1. The highest BCUT2D eigenvalue weighted by Crippen LogP contribution is 2.37. The molecule has 3 rings (SSSR count). The van der Waals surface area contributed by atoms with Gasteiger partial charge in [0.05, 0.1) is 4.92 Å². The monoisotopic (exact) mass is 267 g/mol. The lowest BCUT2D eigenvalue weighted by molar-refractivity contribution is -0.434. The van der Waals surface area contributed by atoms with Crippen molar-refractivity contribution in [2.75, 3.05) is 0 Å². The van der Waals surface area contributed by atoms with Crippen molar-refractivity contribution in [3.8, 4) is 5.75 Å². The summed E-state index contributed by atoms with van der Waals surface area (Å²) in [6.45, 7) is 1.98. The third kappa shape index (κ3) is 2.16. The number of aryl methyl sites for hydroxylation is 1. The van der Waals surface area contributed by atoms with E-state index in [1.54, 1.807) is 6.08 Å². The third-order valence-electron chi connectivity index (χ3n) is 3.33. The number of fused-ring (bicyclic) bond motifs is 1. The highest BCUT2D eigenvalue weighted by molar-refractivity contribution is 5.62. The molecular formula is C16H13NO3. The van der Waals surface area contributed by atoms with Gasteiger partial charge in [0.1, 0.15) is 5.75 Å². The van der Waals surface area contributed by atoms with Crippen LogP contribution in [0, 0.1) is 17.0 Å². The number of ether oxygens (including phenoxy) is 1. The van der Waals surface area contributed by atoms with Crippen molar-refractivity contribution in [1.29, 1.82) is 0 Å². The van der Waals surface area contributed by atoms with Crippen molar-refractivity contribution in [3.05, 3.63) is 81.0 Å². The highest BCUT2D eigenvalue weighted by atomic mass is 16.6. The predicted octanol–water partition coefficient (Wildman–Crippen LogP) is 3.75. The molecule has 0 radical (unpaired) electrons. The van der Waals surface area contributed by atoms with Crippen LogP contribution in [-0.4, -0.2) is 4.92 Å². The number of hydrogen-bond donors (Lipinski definition) is 0. The average molecular weight is 267 g/mol. The summed E-state index contributed by atoms with van der Waals surface area (Å²) in [5, 5.41) is 11.3. The van der Waals surface area contributed by atoms with Crippen molar-refractivity contribution >= 4 is 6.08 Å². The van der Waals surface area contributed by atoms with E-state index < -0.39 is 6.10 Å². The van der Waals surface area contributed by atoms with Crippen molar-refractivity contribution < 1.29 is 9.66 Å². The first kappa shape index (κ1) is 12.4. The number of rotatable bonds is 2. The van der Waals surface area contributed by atoms with Crippen LogP contribution in [0.2, 0.25) is 0 Å². The molecule has 1 atom stereocenters. The van der Waals surface area contributed by atoms with Crippen LogP contribution < -0.4 is 4.74 Å². The summed E-state index contributed by atoms with van der Waals surface area (Å²) in [6, 6.07) is 14.9. The van der Waals surface area contributed by atoms with Gasteiger partial charge in [0.25, 0.3) is 5.70 Å². The molecule has 1 heterocycles. The van der Waals surface area contributed by atoms with E-state index in [2.05, 4.69) is 0 Å². The Kier molecular flexibility index (Phi) is 2.99. The molecule has 1 aliphatic heterocycles. The minimum atomic E-state index is -0.666. The summed E-state index contributed by atoms with van der Waals surface area (Å²) in [4.78, 5) is 10.9. The lowest BCUT2D eigenvalue weighted by Crippen LogP contribution is -2.19. The molecule has 20 heavy (non-hydrogen) atoms. The van der Waals surface area contributed by atoms with Crippen molar-refractivity contribution in [1.82, 2.24) is 0 Å². The number of para-hydroxylation sites is 1. The maximum absolute atomic E-state index is 11.3. The zero-order valence-electron chi connectivity index (χ0n) is 10.9.